The van der Waals surface area contributed by atoms with E-state index in [1.165, 1.54) is 12.1 Å². The van der Waals surface area contributed by atoms with Crippen molar-refractivity contribution in [1.82, 2.24) is 9.78 Å². The van der Waals surface area contributed by atoms with E-state index in [1.807, 2.05) is 6.92 Å². The Morgan fingerprint density at radius 2 is 2.35 bits per heavy atom. The Morgan fingerprint density at radius 3 is 3.00 bits per heavy atom. The van der Waals surface area contributed by atoms with Gasteiger partial charge in [-0.2, -0.15) is 5.10 Å². The zero-order valence-corrected chi connectivity index (χ0v) is 11.2. The summed E-state index contributed by atoms with van der Waals surface area (Å²) in [4.78, 5) is 11.6. The van der Waals surface area contributed by atoms with Crippen molar-refractivity contribution in [3.63, 3.8) is 0 Å². The van der Waals surface area contributed by atoms with Gasteiger partial charge in [-0.05, 0) is 24.6 Å². The van der Waals surface area contributed by atoms with Gasteiger partial charge in [-0.15, -0.1) is 0 Å². The summed E-state index contributed by atoms with van der Waals surface area (Å²) in [5.74, 6) is -0.912. The predicted molar refractivity (Wildman–Crippen MR) is 74.5 cm³/mol. The van der Waals surface area contributed by atoms with Gasteiger partial charge in [-0.3, -0.25) is 9.48 Å². The van der Waals surface area contributed by atoms with Crippen LogP contribution in [0, 0.1) is 5.82 Å². The number of halogens is 1. The van der Waals surface area contributed by atoms with Gasteiger partial charge in [0.05, 0.1) is 6.20 Å². The molecular formula is C14H17FN4O. The molecule has 1 aromatic carbocycles. The molecule has 2 rings (SSSR count). The molecule has 0 aliphatic heterocycles. The largest absolute Gasteiger partial charge is 0.370 e. The molecule has 0 saturated heterocycles. The molecular weight excluding hydrogens is 259 g/mol. The molecule has 1 heterocycles. The SMILES string of the molecule is CCCn1cc(C(Nc2cccc(F)c2)C(N)=O)cn1. The fraction of sp³-hybridized carbons (Fsp3) is 0.286. The second-order valence-corrected chi connectivity index (χ2v) is 4.53. The van der Waals surface area contributed by atoms with E-state index < -0.39 is 11.9 Å². The quantitative estimate of drug-likeness (QED) is 0.848. The van der Waals surface area contributed by atoms with E-state index in [0.717, 1.165) is 13.0 Å². The third-order valence-electron chi connectivity index (χ3n) is 2.86. The molecule has 0 radical (unpaired) electrons. The molecule has 0 bridgehead atoms. The van der Waals surface area contributed by atoms with Crippen LogP contribution in [0.3, 0.4) is 0 Å². The summed E-state index contributed by atoms with van der Waals surface area (Å²) >= 11 is 0. The number of aryl methyl sites for hydroxylation is 1. The lowest BCUT2D eigenvalue weighted by Gasteiger charge is -2.15. The second-order valence-electron chi connectivity index (χ2n) is 4.53. The number of primary amides is 1. The normalized spacial score (nSPS) is 12.1. The third kappa shape index (κ3) is 3.34. The Balaban J connectivity index is 2.20. The first-order valence-corrected chi connectivity index (χ1v) is 6.44. The number of carbonyl (C=O) groups is 1. The zero-order chi connectivity index (χ0) is 14.5. The lowest BCUT2D eigenvalue weighted by atomic mass is 10.1. The lowest BCUT2D eigenvalue weighted by Crippen LogP contribution is -2.27. The number of aromatic nitrogens is 2. The van der Waals surface area contributed by atoms with Crippen LogP contribution in [0.2, 0.25) is 0 Å². The molecule has 3 N–H and O–H groups in total. The maximum absolute atomic E-state index is 13.2. The van der Waals surface area contributed by atoms with Crippen molar-refractivity contribution in [2.45, 2.75) is 25.9 Å². The maximum atomic E-state index is 13.2. The van der Waals surface area contributed by atoms with Crippen molar-refractivity contribution in [2.75, 3.05) is 5.32 Å². The van der Waals surface area contributed by atoms with Crippen LogP contribution in [-0.4, -0.2) is 15.7 Å². The number of carbonyl (C=O) groups excluding carboxylic acids is 1. The lowest BCUT2D eigenvalue weighted by molar-refractivity contribution is -0.118. The van der Waals surface area contributed by atoms with Gasteiger partial charge in [0.25, 0.3) is 0 Å². The Kier molecular flexibility index (Phi) is 4.34. The van der Waals surface area contributed by atoms with Gasteiger partial charge in [0.1, 0.15) is 11.9 Å². The van der Waals surface area contributed by atoms with E-state index in [0.29, 0.717) is 11.3 Å². The Bertz CT molecular complexity index is 596. The molecule has 0 spiro atoms. The molecule has 6 heteroatoms. The van der Waals surface area contributed by atoms with Crippen LogP contribution in [-0.2, 0) is 11.3 Å². The number of rotatable bonds is 6. The van der Waals surface area contributed by atoms with Gasteiger partial charge < -0.3 is 11.1 Å². The van der Waals surface area contributed by atoms with Crippen molar-refractivity contribution in [3.8, 4) is 0 Å². The molecule has 1 aromatic heterocycles. The summed E-state index contributed by atoms with van der Waals surface area (Å²) in [5.41, 5.74) is 6.57. The standard InChI is InChI=1S/C14H17FN4O/c1-2-6-19-9-10(8-17-19)13(14(16)20)18-12-5-3-4-11(15)7-12/h3-5,7-9,13,18H,2,6H2,1H3,(H2,16,20). The van der Waals surface area contributed by atoms with Crippen LogP contribution < -0.4 is 11.1 Å². The van der Waals surface area contributed by atoms with Crippen molar-refractivity contribution in [3.05, 3.63) is 48.0 Å². The van der Waals surface area contributed by atoms with Gasteiger partial charge in [0, 0.05) is 24.0 Å². The number of benzene rings is 1. The number of hydrogen-bond donors (Lipinski definition) is 2. The molecule has 20 heavy (non-hydrogen) atoms. The number of hydrogen-bond acceptors (Lipinski definition) is 3. The predicted octanol–water partition coefficient (Wildman–Crippen LogP) is 2.07. The van der Waals surface area contributed by atoms with E-state index in [9.17, 15) is 9.18 Å². The molecule has 1 unspecified atom stereocenters. The van der Waals surface area contributed by atoms with Crippen LogP contribution in [0.5, 0.6) is 0 Å². The Labute approximate surface area is 116 Å². The molecule has 0 aliphatic carbocycles. The smallest absolute Gasteiger partial charge is 0.244 e. The summed E-state index contributed by atoms with van der Waals surface area (Å²) in [6.07, 6.45) is 4.31. The molecule has 1 atom stereocenters. The topological polar surface area (TPSA) is 72.9 Å². The molecule has 0 fully saturated rings. The fourth-order valence-electron chi connectivity index (χ4n) is 1.94. The van der Waals surface area contributed by atoms with E-state index in [-0.39, 0.29) is 5.82 Å². The Morgan fingerprint density at radius 1 is 1.55 bits per heavy atom. The number of nitrogens with two attached hydrogens (primary N) is 1. The van der Waals surface area contributed by atoms with Gasteiger partial charge in [-0.25, -0.2) is 4.39 Å². The minimum absolute atomic E-state index is 0.375. The van der Waals surface area contributed by atoms with Crippen LogP contribution in [0.4, 0.5) is 10.1 Å². The van der Waals surface area contributed by atoms with E-state index in [1.54, 1.807) is 29.2 Å². The van der Waals surface area contributed by atoms with Crippen LogP contribution in [0.25, 0.3) is 0 Å². The highest BCUT2D eigenvalue weighted by Gasteiger charge is 2.19. The number of nitrogens with one attached hydrogen (secondary N) is 1. The second kappa shape index (κ2) is 6.18. The van der Waals surface area contributed by atoms with Gasteiger partial charge in [-0.1, -0.05) is 13.0 Å². The summed E-state index contributed by atoms with van der Waals surface area (Å²) in [7, 11) is 0. The molecule has 1 amide bonds. The third-order valence-corrected chi connectivity index (χ3v) is 2.86. The number of nitrogens with zero attached hydrogens (tertiary/aromatic N) is 2. The minimum Gasteiger partial charge on any atom is -0.370 e. The van der Waals surface area contributed by atoms with Gasteiger partial charge in [0.15, 0.2) is 0 Å². The van der Waals surface area contributed by atoms with Crippen molar-refractivity contribution in [1.29, 1.82) is 0 Å². The first kappa shape index (κ1) is 14.0. The Hall–Kier alpha value is -2.37. The summed E-state index contributed by atoms with van der Waals surface area (Å²) < 4.78 is 14.9. The summed E-state index contributed by atoms with van der Waals surface area (Å²) in [6, 6.07) is 5.16. The average molecular weight is 276 g/mol. The van der Waals surface area contributed by atoms with Crippen LogP contribution >= 0.6 is 0 Å². The van der Waals surface area contributed by atoms with E-state index in [2.05, 4.69) is 10.4 Å². The van der Waals surface area contributed by atoms with E-state index >= 15 is 0 Å². The molecule has 106 valence electrons. The van der Waals surface area contributed by atoms with E-state index in [4.69, 9.17) is 5.73 Å². The van der Waals surface area contributed by atoms with Crippen LogP contribution in [0.1, 0.15) is 24.9 Å². The summed E-state index contributed by atoms with van der Waals surface area (Å²) in [6.45, 7) is 2.81. The molecule has 2 aromatic rings. The average Bonchev–Trinajstić information content (AvgIpc) is 2.84. The highest BCUT2D eigenvalue weighted by atomic mass is 19.1. The first-order valence-electron chi connectivity index (χ1n) is 6.44. The molecule has 5 nitrogen and oxygen atoms in total. The monoisotopic (exact) mass is 276 g/mol. The van der Waals surface area contributed by atoms with Crippen molar-refractivity contribution < 1.29 is 9.18 Å². The number of anilines is 1. The van der Waals surface area contributed by atoms with Crippen molar-refractivity contribution >= 4 is 11.6 Å². The highest BCUT2D eigenvalue weighted by Crippen LogP contribution is 2.19. The number of amides is 1. The summed E-state index contributed by atoms with van der Waals surface area (Å²) in [5, 5.41) is 7.09. The fourth-order valence-corrected chi connectivity index (χ4v) is 1.94. The first-order chi connectivity index (χ1) is 9.60. The maximum Gasteiger partial charge on any atom is 0.244 e. The highest BCUT2D eigenvalue weighted by molar-refractivity contribution is 5.84. The molecule has 0 saturated carbocycles. The van der Waals surface area contributed by atoms with Crippen LogP contribution in [0.15, 0.2) is 36.7 Å². The van der Waals surface area contributed by atoms with Gasteiger partial charge in [0.2, 0.25) is 5.91 Å². The zero-order valence-electron chi connectivity index (χ0n) is 11.2. The molecule has 0 aliphatic rings. The van der Waals surface area contributed by atoms with Gasteiger partial charge >= 0.3 is 0 Å². The van der Waals surface area contributed by atoms with Crippen molar-refractivity contribution in [2.24, 2.45) is 5.73 Å². The minimum atomic E-state index is -0.734.